The normalized spacial score (nSPS) is 16.0. The van der Waals surface area contributed by atoms with E-state index in [4.69, 9.17) is 0 Å². The molecule has 386 valence electrons. The summed E-state index contributed by atoms with van der Waals surface area (Å²) in [5, 5.41) is 23.4. The highest BCUT2D eigenvalue weighted by molar-refractivity contribution is 6.10. The SMILES string of the molecule is CC1(C)c2ccccc2N(c2cc(C#N)cc(-c3cc(C#N)cc(N4c5ccccc5C(C)(C)c5ccccc54)c3N3c4ccccc4C(C)(C)c4ccccc43)c2N2c3ccccc3C(C)(C)c3ccccc32)c2ccccc21. The number of benzene rings is 10. The first-order valence-electron chi connectivity index (χ1n) is 27.8. The summed E-state index contributed by atoms with van der Waals surface area (Å²) in [7, 11) is 0. The van der Waals surface area contributed by atoms with Gasteiger partial charge in [-0.25, -0.2) is 0 Å². The number of rotatable bonds is 5. The molecule has 0 aliphatic carbocycles. The second-order valence-electron chi connectivity index (χ2n) is 24.0. The van der Waals surface area contributed by atoms with Gasteiger partial charge in [-0.3, -0.25) is 0 Å². The summed E-state index contributed by atoms with van der Waals surface area (Å²) in [5.41, 5.74) is 22.3. The molecule has 0 saturated heterocycles. The maximum atomic E-state index is 11.7. The van der Waals surface area contributed by atoms with Crippen LogP contribution in [-0.2, 0) is 21.7 Å². The maximum absolute atomic E-state index is 11.7. The summed E-state index contributed by atoms with van der Waals surface area (Å²) in [6, 6.07) is 84.0. The van der Waals surface area contributed by atoms with E-state index in [2.05, 4.69) is 306 Å². The molecule has 0 spiro atoms. The van der Waals surface area contributed by atoms with Crippen molar-refractivity contribution in [1.29, 1.82) is 10.5 Å². The van der Waals surface area contributed by atoms with Gasteiger partial charge in [-0.1, -0.05) is 201 Å². The van der Waals surface area contributed by atoms with Crippen LogP contribution in [0.15, 0.2) is 218 Å². The third kappa shape index (κ3) is 6.75. The highest BCUT2D eigenvalue weighted by Gasteiger charge is 2.45. The Morgan fingerprint density at radius 1 is 0.250 bits per heavy atom. The first-order chi connectivity index (χ1) is 38.7. The quantitative estimate of drug-likeness (QED) is 0.171. The lowest BCUT2D eigenvalue weighted by Crippen LogP contribution is -2.34. The Bertz CT molecular complexity index is 3860. The zero-order chi connectivity index (χ0) is 55.0. The van der Waals surface area contributed by atoms with Gasteiger partial charge in [0.15, 0.2) is 0 Å². The number of hydrogen-bond donors (Lipinski definition) is 0. The van der Waals surface area contributed by atoms with Crippen molar-refractivity contribution in [3.63, 3.8) is 0 Å². The molecule has 0 saturated carbocycles. The Morgan fingerprint density at radius 2 is 0.438 bits per heavy atom. The summed E-state index contributed by atoms with van der Waals surface area (Å²) in [6.07, 6.45) is 0. The molecule has 0 aromatic heterocycles. The van der Waals surface area contributed by atoms with Crippen molar-refractivity contribution in [1.82, 2.24) is 0 Å². The van der Waals surface area contributed by atoms with Gasteiger partial charge >= 0.3 is 0 Å². The molecule has 0 N–H and O–H groups in total. The van der Waals surface area contributed by atoms with E-state index in [1.165, 1.54) is 44.5 Å². The van der Waals surface area contributed by atoms with E-state index in [0.717, 1.165) is 79.4 Å². The number of nitrogens with zero attached hydrogens (tertiary/aromatic N) is 6. The van der Waals surface area contributed by atoms with Gasteiger partial charge in [0.2, 0.25) is 0 Å². The van der Waals surface area contributed by atoms with Gasteiger partial charge in [-0.05, 0) is 117 Å². The van der Waals surface area contributed by atoms with E-state index in [-0.39, 0.29) is 21.7 Å². The zero-order valence-corrected chi connectivity index (χ0v) is 46.5. The molecular weight excluding hydrogens is 973 g/mol. The maximum Gasteiger partial charge on any atom is 0.0992 e. The van der Waals surface area contributed by atoms with E-state index in [9.17, 15) is 10.5 Å². The summed E-state index contributed by atoms with van der Waals surface area (Å²) >= 11 is 0. The predicted octanol–water partition coefficient (Wildman–Crippen LogP) is 19.5. The molecular formula is C74H60N6. The minimum absolute atomic E-state index is 0.352. The third-order valence-corrected chi connectivity index (χ3v) is 18.2. The zero-order valence-electron chi connectivity index (χ0n) is 46.5. The van der Waals surface area contributed by atoms with Crippen molar-refractivity contribution in [2.24, 2.45) is 0 Å². The van der Waals surface area contributed by atoms with Crippen LogP contribution < -0.4 is 19.6 Å². The number of nitriles is 2. The number of anilines is 12. The Morgan fingerprint density at radius 3 is 0.637 bits per heavy atom. The van der Waals surface area contributed by atoms with E-state index >= 15 is 0 Å². The van der Waals surface area contributed by atoms with Gasteiger partial charge in [-0.2, -0.15) is 10.5 Å². The fourth-order valence-electron chi connectivity index (χ4n) is 14.3. The van der Waals surface area contributed by atoms with Gasteiger partial charge in [0.05, 0.1) is 91.5 Å². The van der Waals surface area contributed by atoms with E-state index in [0.29, 0.717) is 11.1 Å². The van der Waals surface area contributed by atoms with Crippen molar-refractivity contribution >= 4 is 68.2 Å². The van der Waals surface area contributed by atoms with E-state index < -0.39 is 0 Å². The Kier molecular flexibility index (Phi) is 10.6. The largest absolute Gasteiger partial charge is 0.308 e. The highest BCUT2D eigenvalue weighted by atomic mass is 15.3. The minimum Gasteiger partial charge on any atom is -0.308 e. The lowest BCUT2D eigenvalue weighted by atomic mass is 9.72. The highest BCUT2D eigenvalue weighted by Crippen LogP contribution is 2.64. The molecule has 6 heteroatoms. The topological polar surface area (TPSA) is 60.5 Å². The van der Waals surface area contributed by atoms with Crippen LogP contribution in [0.2, 0.25) is 0 Å². The summed E-state index contributed by atoms with van der Waals surface area (Å²) < 4.78 is 0. The summed E-state index contributed by atoms with van der Waals surface area (Å²) in [5.74, 6) is 0. The Labute approximate surface area is 470 Å². The molecule has 0 fully saturated rings. The van der Waals surface area contributed by atoms with Crippen LogP contribution in [0.3, 0.4) is 0 Å². The molecule has 0 radical (unpaired) electrons. The monoisotopic (exact) mass is 1030 g/mol. The number of hydrogen-bond acceptors (Lipinski definition) is 6. The number of fused-ring (bicyclic) bond motifs is 8. The first-order valence-corrected chi connectivity index (χ1v) is 27.8. The molecule has 10 aromatic carbocycles. The second-order valence-corrected chi connectivity index (χ2v) is 24.0. The van der Waals surface area contributed by atoms with Crippen molar-refractivity contribution in [3.05, 3.63) is 274 Å². The lowest BCUT2D eigenvalue weighted by Gasteiger charge is -2.47. The molecule has 0 unspecified atom stereocenters. The van der Waals surface area contributed by atoms with Crippen LogP contribution >= 0.6 is 0 Å². The third-order valence-electron chi connectivity index (χ3n) is 18.2. The average Bonchev–Trinajstić information content (AvgIpc) is 2.69. The fourth-order valence-corrected chi connectivity index (χ4v) is 14.3. The second kappa shape index (κ2) is 17.4. The van der Waals surface area contributed by atoms with Gasteiger partial charge < -0.3 is 19.6 Å². The molecule has 80 heavy (non-hydrogen) atoms. The van der Waals surface area contributed by atoms with Crippen molar-refractivity contribution < 1.29 is 0 Å². The van der Waals surface area contributed by atoms with Gasteiger partial charge in [0, 0.05) is 32.8 Å². The molecule has 6 nitrogen and oxygen atoms in total. The first kappa shape index (κ1) is 48.7. The van der Waals surface area contributed by atoms with Crippen LogP contribution in [0.4, 0.5) is 68.2 Å². The minimum atomic E-state index is -0.374. The van der Waals surface area contributed by atoms with Crippen LogP contribution in [0.5, 0.6) is 0 Å². The van der Waals surface area contributed by atoms with Crippen LogP contribution in [-0.4, -0.2) is 0 Å². The van der Waals surface area contributed by atoms with Crippen molar-refractivity contribution in [2.75, 3.05) is 19.6 Å². The van der Waals surface area contributed by atoms with Crippen LogP contribution in [0, 0.1) is 22.7 Å². The fraction of sp³-hybridized carbons (Fsp3) is 0.162. The van der Waals surface area contributed by atoms with E-state index in [1.54, 1.807) is 0 Å². The van der Waals surface area contributed by atoms with Gasteiger partial charge in [0.25, 0.3) is 0 Å². The lowest BCUT2D eigenvalue weighted by molar-refractivity contribution is 0.630. The molecule has 0 bridgehead atoms. The average molecular weight is 1030 g/mol. The van der Waals surface area contributed by atoms with Crippen molar-refractivity contribution in [3.8, 4) is 23.3 Å². The standard InChI is InChI=1S/C74H60N6/c1-71(2)51-25-9-17-33-59(51)77(60-34-18-10-26-52(60)71)67-43-47(45-75)41-49(69(67)79-63-37-21-13-29-55(63)73(5,6)56-30-14-22-38-64(56)79)50-42-48(46-76)44-68(78-61-35-19-11-27-53(61)72(3,4)54-28-12-20-36-62(54)78)70(50)80-65-39-23-15-31-57(65)74(7,8)58-32-16-24-40-66(58)80/h9-44H,1-8H3. The molecule has 4 aliphatic heterocycles. The Balaban J connectivity index is 1.21. The van der Waals surface area contributed by atoms with E-state index in [1.807, 2.05) is 0 Å². The molecule has 0 amide bonds. The van der Waals surface area contributed by atoms with Crippen LogP contribution in [0.1, 0.15) is 111 Å². The Hall–Kier alpha value is -9.62. The molecule has 10 aromatic rings. The smallest absolute Gasteiger partial charge is 0.0992 e. The molecule has 4 aliphatic rings. The van der Waals surface area contributed by atoms with Crippen molar-refractivity contribution in [2.45, 2.75) is 77.0 Å². The number of para-hydroxylation sites is 8. The predicted molar refractivity (Wildman–Crippen MR) is 329 cm³/mol. The van der Waals surface area contributed by atoms with Crippen LogP contribution in [0.25, 0.3) is 11.1 Å². The van der Waals surface area contributed by atoms with Gasteiger partial charge in [-0.15, -0.1) is 0 Å². The molecule has 4 heterocycles. The van der Waals surface area contributed by atoms with Gasteiger partial charge in [0.1, 0.15) is 0 Å². The summed E-state index contributed by atoms with van der Waals surface area (Å²) in [4.78, 5) is 9.74. The summed E-state index contributed by atoms with van der Waals surface area (Å²) in [6.45, 7) is 18.6. The molecule has 0 atom stereocenters. The molecule has 14 rings (SSSR count).